The van der Waals surface area contributed by atoms with E-state index in [1.54, 1.807) is 24.4 Å². The number of rotatable bonds is 3. The molecule has 0 bridgehead atoms. The molecule has 0 unspecified atom stereocenters. The molecule has 1 aromatic heterocycles. The second-order valence-electron chi connectivity index (χ2n) is 5.62. The van der Waals surface area contributed by atoms with Gasteiger partial charge in [-0.15, -0.1) is 0 Å². The monoisotopic (exact) mass is 368 g/mol. The first-order valence-corrected chi connectivity index (χ1v) is 8.56. The fraction of sp³-hybridized carbons (Fsp3) is 0.294. The Morgan fingerprint density at radius 2 is 2.00 bits per heavy atom. The van der Waals surface area contributed by atoms with Crippen LogP contribution in [0.5, 0.6) is 0 Å². The van der Waals surface area contributed by atoms with Gasteiger partial charge in [0.05, 0.1) is 5.56 Å². The van der Waals surface area contributed by atoms with Gasteiger partial charge in [0.1, 0.15) is 5.15 Å². The van der Waals surface area contributed by atoms with Crippen molar-refractivity contribution in [1.29, 1.82) is 0 Å². The molecule has 23 heavy (non-hydrogen) atoms. The lowest BCUT2D eigenvalue weighted by molar-refractivity contribution is 0.0934. The molecule has 2 aromatic rings. The Morgan fingerprint density at radius 3 is 2.74 bits per heavy atom. The predicted octanol–water partition coefficient (Wildman–Crippen LogP) is 5.11. The van der Waals surface area contributed by atoms with Crippen LogP contribution in [0.15, 0.2) is 36.5 Å². The molecule has 120 valence electrons. The molecule has 0 radical (unpaired) electrons. The summed E-state index contributed by atoms with van der Waals surface area (Å²) in [5, 5.41) is 4.54. The van der Waals surface area contributed by atoms with Crippen LogP contribution in [-0.2, 0) is 0 Å². The van der Waals surface area contributed by atoms with Gasteiger partial charge in [0.15, 0.2) is 0 Å². The van der Waals surface area contributed by atoms with Crippen LogP contribution in [0.1, 0.15) is 41.1 Å². The Labute approximate surface area is 150 Å². The molecule has 1 aromatic carbocycles. The summed E-state index contributed by atoms with van der Waals surface area (Å²) in [6.45, 7) is 0. The Balaban J connectivity index is 1.79. The van der Waals surface area contributed by atoms with Crippen molar-refractivity contribution < 1.29 is 4.79 Å². The van der Waals surface area contributed by atoms with Gasteiger partial charge in [0, 0.05) is 28.2 Å². The smallest absolute Gasteiger partial charge is 0.254 e. The highest BCUT2D eigenvalue weighted by atomic mass is 35.5. The molecule has 1 aliphatic rings. The zero-order chi connectivity index (χ0) is 16.4. The number of carbonyl (C=O) groups excluding carboxylic acids is 1. The molecule has 1 aliphatic carbocycles. The standard InChI is InChI=1S/C17H15Cl3N2O/c18-10-6-7-11(14(19)9-10)12-3-1-5-15(12)22-17(23)13-4-2-8-21-16(13)20/h2,4,6-9,12,15H,1,3,5H2,(H,22,23)/t12-,15-/m0/s1. The van der Waals surface area contributed by atoms with Crippen molar-refractivity contribution in [1.82, 2.24) is 10.3 Å². The van der Waals surface area contributed by atoms with E-state index in [0.29, 0.717) is 15.6 Å². The molecule has 1 heterocycles. The van der Waals surface area contributed by atoms with Crippen molar-refractivity contribution in [3.05, 3.63) is 62.9 Å². The largest absolute Gasteiger partial charge is 0.349 e. The summed E-state index contributed by atoms with van der Waals surface area (Å²) < 4.78 is 0. The van der Waals surface area contributed by atoms with E-state index in [4.69, 9.17) is 34.8 Å². The van der Waals surface area contributed by atoms with Crippen molar-refractivity contribution in [2.45, 2.75) is 31.2 Å². The summed E-state index contributed by atoms with van der Waals surface area (Å²) in [4.78, 5) is 16.4. The van der Waals surface area contributed by atoms with E-state index < -0.39 is 0 Å². The van der Waals surface area contributed by atoms with Crippen LogP contribution in [0.4, 0.5) is 0 Å². The van der Waals surface area contributed by atoms with Crippen LogP contribution in [-0.4, -0.2) is 16.9 Å². The van der Waals surface area contributed by atoms with E-state index in [9.17, 15) is 4.79 Å². The summed E-state index contributed by atoms with van der Waals surface area (Å²) in [7, 11) is 0. The van der Waals surface area contributed by atoms with Gasteiger partial charge in [-0.1, -0.05) is 47.3 Å². The maximum absolute atomic E-state index is 12.4. The van der Waals surface area contributed by atoms with Crippen LogP contribution in [0, 0.1) is 0 Å². The molecule has 0 saturated heterocycles. The Kier molecular flexibility index (Phi) is 5.10. The number of hydrogen-bond donors (Lipinski definition) is 1. The normalized spacial score (nSPS) is 20.5. The molecule has 1 saturated carbocycles. The lowest BCUT2D eigenvalue weighted by atomic mass is 9.93. The third-order valence-electron chi connectivity index (χ3n) is 4.20. The number of hydrogen-bond acceptors (Lipinski definition) is 2. The van der Waals surface area contributed by atoms with Crippen LogP contribution >= 0.6 is 34.8 Å². The van der Waals surface area contributed by atoms with Crippen LogP contribution in [0.25, 0.3) is 0 Å². The lowest BCUT2D eigenvalue weighted by Crippen LogP contribution is -2.36. The summed E-state index contributed by atoms with van der Waals surface area (Å²) >= 11 is 18.3. The number of aromatic nitrogens is 1. The number of carbonyl (C=O) groups is 1. The number of benzene rings is 1. The Bertz CT molecular complexity index is 736. The number of pyridine rings is 1. The van der Waals surface area contributed by atoms with Crippen molar-refractivity contribution in [2.75, 3.05) is 0 Å². The fourth-order valence-corrected chi connectivity index (χ4v) is 3.86. The third kappa shape index (κ3) is 3.63. The number of amides is 1. The van der Waals surface area contributed by atoms with E-state index >= 15 is 0 Å². The minimum absolute atomic E-state index is 0.0254. The molecule has 3 nitrogen and oxygen atoms in total. The molecular formula is C17H15Cl3N2O. The van der Waals surface area contributed by atoms with E-state index in [1.165, 1.54) is 0 Å². The van der Waals surface area contributed by atoms with E-state index in [2.05, 4.69) is 10.3 Å². The quantitative estimate of drug-likeness (QED) is 0.764. The van der Waals surface area contributed by atoms with Gasteiger partial charge in [-0.2, -0.15) is 0 Å². The van der Waals surface area contributed by atoms with E-state index in [0.717, 1.165) is 24.8 Å². The van der Waals surface area contributed by atoms with E-state index in [1.807, 2.05) is 12.1 Å². The van der Waals surface area contributed by atoms with Crippen LogP contribution in [0.2, 0.25) is 15.2 Å². The summed E-state index contributed by atoms with van der Waals surface area (Å²) in [5.74, 6) is -0.0238. The molecule has 1 fully saturated rings. The van der Waals surface area contributed by atoms with Gasteiger partial charge in [0.25, 0.3) is 5.91 Å². The molecule has 1 N–H and O–H groups in total. The first kappa shape index (κ1) is 16.6. The minimum Gasteiger partial charge on any atom is -0.349 e. The highest BCUT2D eigenvalue weighted by molar-refractivity contribution is 6.35. The molecule has 1 amide bonds. The Hall–Kier alpha value is -1.29. The lowest BCUT2D eigenvalue weighted by Gasteiger charge is -2.22. The fourth-order valence-electron chi connectivity index (χ4n) is 3.11. The van der Waals surface area contributed by atoms with Gasteiger partial charge in [-0.3, -0.25) is 4.79 Å². The van der Waals surface area contributed by atoms with Gasteiger partial charge in [0.2, 0.25) is 0 Å². The van der Waals surface area contributed by atoms with E-state index in [-0.39, 0.29) is 23.0 Å². The van der Waals surface area contributed by atoms with Gasteiger partial charge in [-0.25, -0.2) is 4.98 Å². The molecular weight excluding hydrogens is 355 g/mol. The van der Waals surface area contributed by atoms with Gasteiger partial charge < -0.3 is 5.32 Å². The zero-order valence-electron chi connectivity index (χ0n) is 12.2. The van der Waals surface area contributed by atoms with Gasteiger partial charge >= 0.3 is 0 Å². The highest BCUT2D eigenvalue weighted by Gasteiger charge is 2.31. The predicted molar refractivity (Wildman–Crippen MR) is 93.6 cm³/mol. The molecule has 0 aliphatic heterocycles. The van der Waals surface area contributed by atoms with Crippen molar-refractivity contribution in [3.63, 3.8) is 0 Å². The third-order valence-corrected chi connectivity index (χ3v) is 5.06. The van der Waals surface area contributed by atoms with Crippen molar-refractivity contribution >= 4 is 40.7 Å². The maximum atomic E-state index is 12.4. The SMILES string of the molecule is O=C(N[C@H]1CCC[C@H]1c1ccc(Cl)cc1Cl)c1cccnc1Cl. The second-order valence-corrected chi connectivity index (χ2v) is 6.83. The topological polar surface area (TPSA) is 42.0 Å². The molecule has 3 rings (SSSR count). The Morgan fingerprint density at radius 1 is 1.17 bits per heavy atom. The summed E-state index contributed by atoms with van der Waals surface area (Å²) in [6, 6.07) is 8.91. The van der Waals surface area contributed by atoms with Crippen LogP contribution in [0.3, 0.4) is 0 Å². The molecule has 2 atom stereocenters. The zero-order valence-corrected chi connectivity index (χ0v) is 14.5. The van der Waals surface area contributed by atoms with Crippen LogP contribution < -0.4 is 5.32 Å². The number of nitrogens with one attached hydrogen (secondary N) is 1. The summed E-state index contributed by atoms with van der Waals surface area (Å²) in [6.07, 6.45) is 4.49. The van der Waals surface area contributed by atoms with Gasteiger partial charge in [-0.05, 0) is 42.7 Å². The molecule has 6 heteroatoms. The number of halogens is 3. The minimum atomic E-state index is -0.204. The number of nitrogens with zero attached hydrogens (tertiary/aromatic N) is 1. The van der Waals surface area contributed by atoms with Crippen molar-refractivity contribution in [2.24, 2.45) is 0 Å². The first-order valence-electron chi connectivity index (χ1n) is 7.42. The average molecular weight is 370 g/mol. The summed E-state index contributed by atoms with van der Waals surface area (Å²) in [5.41, 5.74) is 1.41. The van der Waals surface area contributed by atoms with Crippen molar-refractivity contribution in [3.8, 4) is 0 Å². The maximum Gasteiger partial charge on any atom is 0.254 e. The second kappa shape index (κ2) is 7.08. The molecule has 0 spiro atoms. The average Bonchev–Trinajstić information content (AvgIpc) is 2.95. The highest BCUT2D eigenvalue weighted by Crippen LogP contribution is 2.39. The first-order chi connectivity index (χ1) is 11.1.